The Morgan fingerprint density at radius 2 is 2.09 bits per heavy atom. The van der Waals surface area contributed by atoms with Gasteiger partial charge >= 0.3 is 0 Å². The quantitative estimate of drug-likeness (QED) is 0.414. The van der Waals surface area contributed by atoms with Crippen molar-refractivity contribution in [3.63, 3.8) is 0 Å². The predicted octanol–water partition coefficient (Wildman–Crippen LogP) is 4.31. The molecular weight excluding hydrogens is 453 g/mol. The summed E-state index contributed by atoms with van der Waals surface area (Å²) in [5, 5.41) is 22.4. The maximum Gasteiger partial charge on any atom is 0.155 e. The fourth-order valence-corrected chi connectivity index (χ4v) is 5.67. The van der Waals surface area contributed by atoms with E-state index in [2.05, 4.69) is 14.9 Å². The third-order valence-electron chi connectivity index (χ3n) is 6.73. The van der Waals surface area contributed by atoms with Crippen molar-refractivity contribution >= 4 is 22.7 Å². The van der Waals surface area contributed by atoms with Crippen LogP contribution in [0.2, 0.25) is 0 Å². The van der Waals surface area contributed by atoms with Crippen molar-refractivity contribution in [1.29, 1.82) is 0 Å². The number of likely N-dealkylation sites (tertiary alicyclic amines) is 1. The number of hydrogen-bond acceptors (Lipinski definition) is 7. The molecule has 3 heterocycles. The lowest BCUT2D eigenvalue weighted by Gasteiger charge is -2.38. The van der Waals surface area contributed by atoms with E-state index in [9.17, 15) is 14.6 Å². The largest absolute Gasteiger partial charge is 0.497 e. The summed E-state index contributed by atoms with van der Waals surface area (Å²) in [6, 6.07) is 10.6. The van der Waals surface area contributed by atoms with Gasteiger partial charge in [-0.25, -0.2) is 9.37 Å². The smallest absolute Gasteiger partial charge is 0.155 e. The van der Waals surface area contributed by atoms with Crippen LogP contribution >= 0.6 is 11.8 Å². The maximum absolute atomic E-state index is 13.8. The summed E-state index contributed by atoms with van der Waals surface area (Å²) in [6.07, 6.45) is 5.20. The first-order chi connectivity index (χ1) is 16.6. The van der Waals surface area contributed by atoms with Gasteiger partial charge in [0.15, 0.2) is 5.82 Å². The molecule has 3 aromatic rings. The Bertz CT molecular complexity index is 1090. The second kappa shape index (κ2) is 11.9. The molecule has 0 aliphatic carbocycles. The van der Waals surface area contributed by atoms with Gasteiger partial charge in [-0.3, -0.25) is 4.98 Å². The van der Waals surface area contributed by atoms with Crippen molar-refractivity contribution in [2.24, 2.45) is 11.8 Å². The van der Waals surface area contributed by atoms with E-state index in [1.54, 1.807) is 25.6 Å². The van der Waals surface area contributed by atoms with Crippen molar-refractivity contribution < 1.29 is 19.3 Å². The minimum atomic E-state index is -0.598. The molecule has 0 unspecified atom stereocenters. The lowest BCUT2D eigenvalue weighted by Crippen LogP contribution is -2.43. The van der Waals surface area contributed by atoms with E-state index in [0.717, 1.165) is 60.4 Å². The van der Waals surface area contributed by atoms with Crippen molar-refractivity contribution in [3.8, 4) is 5.75 Å². The van der Waals surface area contributed by atoms with Crippen LogP contribution in [0.25, 0.3) is 10.9 Å². The van der Waals surface area contributed by atoms with Crippen molar-refractivity contribution in [1.82, 2.24) is 14.9 Å². The molecular formula is C26H32FN3O3S. The van der Waals surface area contributed by atoms with Gasteiger partial charge in [0.05, 0.1) is 18.7 Å². The zero-order valence-electron chi connectivity index (χ0n) is 19.4. The summed E-state index contributed by atoms with van der Waals surface area (Å²) < 4.78 is 19.1. The van der Waals surface area contributed by atoms with Gasteiger partial charge in [-0.05, 0) is 79.6 Å². The number of fused-ring (bicyclic) bond motifs is 1. The van der Waals surface area contributed by atoms with Crippen LogP contribution in [0.1, 0.15) is 30.9 Å². The first kappa shape index (κ1) is 24.9. The summed E-state index contributed by atoms with van der Waals surface area (Å²) in [7, 11) is 1.63. The standard InChI is InChI=1S/C26H32FN3O3S/c1-33-20-5-6-24-22(15-20)21(8-11-28-24)25(32)7-4-18-9-12-30(16-19(18)17-31)13-14-34-26-23(27)3-2-10-29-26/h2-3,5-6,8,10-11,15,18-19,25,31-32H,4,7,9,12-14,16-17H2,1H3/t18-,19-,25-/m1/s1. The molecule has 34 heavy (non-hydrogen) atoms. The third-order valence-corrected chi connectivity index (χ3v) is 7.69. The molecule has 4 rings (SSSR count). The number of aliphatic hydroxyl groups is 2. The zero-order valence-corrected chi connectivity index (χ0v) is 20.3. The van der Waals surface area contributed by atoms with Gasteiger partial charge in [0.1, 0.15) is 10.8 Å². The van der Waals surface area contributed by atoms with Crippen LogP contribution < -0.4 is 4.74 Å². The second-order valence-electron chi connectivity index (χ2n) is 8.81. The van der Waals surface area contributed by atoms with E-state index in [4.69, 9.17) is 4.74 Å². The molecule has 3 atom stereocenters. The van der Waals surface area contributed by atoms with Gasteiger partial charge in [0, 0.05) is 43.2 Å². The van der Waals surface area contributed by atoms with Crippen LogP contribution in [0, 0.1) is 17.7 Å². The van der Waals surface area contributed by atoms with Crippen LogP contribution in [0.15, 0.2) is 53.8 Å². The summed E-state index contributed by atoms with van der Waals surface area (Å²) in [5.41, 5.74) is 1.70. The number of rotatable bonds is 10. The molecule has 6 nitrogen and oxygen atoms in total. The van der Waals surface area contributed by atoms with Crippen LogP contribution in [0.3, 0.4) is 0 Å². The Kier molecular flexibility index (Phi) is 8.72. The highest BCUT2D eigenvalue weighted by Gasteiger charge is 2.29. The Balaban J connectivity index is 1.30. The van der Waals surface area contributed by atoms with Gasteiger partial charge < -0.3 is 19.8 Å². The number of aliphatic hydroxyl groups excluding tert-OH is 2. The lowest BCUT2D eigenvalue weighted by molar-refractivity contribution is 0.0608. The van der Waals surface area contributed by atoms with Gasteiger partial charge in [0.2, 0.25) is 0 Å². The van der Waals surface area contributed by atoms with Gasteiger partial charge in [0.25, 0.3) is 0 Å². The lowest BCUT2D eigenvalue weighted by atomic mass is 9.81. The number of pyridine rings is 2. The van der Waals surface area contributed by atoms with E-state index in [1.807, 2.05) is 24.3 Å². The van der Waals surface area contributed by atoms with Gasteiger partial charge in [-0.2, -0.15) is 0 Å². The fourth-order valence-electron chi connectivity index (χ4n) is 4.79. The van der Waals surface area contributed by atoms with Crippen molar-refractivity contribution in [2.75, 3.05) is 39.1 Å². The molecule has 0 bridgehead atoms. The minimum Gasteiger partial charge on any atom is -0.497 e. The van der Waals surface area contributed by atoms with Crippen molar-refractivity contribution in [2.45, 2.75) is 30.4 Å². The second-order valence-corrected chi connectivity index (χ2v) is 9.89. The van der Waals surface area contributed by atoms with E-state index in [0.29, 0.717) is 17.4 Å². The number of halogens is 1. The molecule has 0 saturated carbocycles. The van der Waals surface area contributed by atoms with Crippen LogP contribution in [0.5, 0.6) is 5.75 Å². The first-order valence-electron chi connectivity index (χ1n) is 11.8. The summed E-state index contributed by atoms with van der Waals surface area (Å²) >= 11 is 1.43. The van der Waals surface area contributed by atoms with E-state index in [-0.39, 0.29) is 18.3 Å². The number of benzene rings is 1. The molecule has 0 amide bonds. The highest BCUT2D eigenvalue weighted by molar-refractivity contribution is 7.99. The molecule has 2 N–H and O–H groups in total. The van der Waals surface area contributed by atoms with Crippen LogP contribution in [0.4, 0.5) is 4.39 Å². The number of nitrogens with zero attached hydrogens (tertiary/aromatic N) is 3. The molecule has 0 spiro atoms. The molecule has 1 fully saturated rings. The Morgan fingerprint density at radius 1 is 1.21 bits per heavy atom. The van der Waals surface area contributed by atoms with E-state index < -0.39 is 6.10 Å². The average molecular weight is 486 g/mol. The van der Waals surface area contributed by atoms with Gasteiger partial charge in [-0.1, -0.05) is 0 Å². The average Bonchev–Trinajstić information content (AvgIpc) is 2.88. The number of hydrogen-bond donors (Lipinski definition) is 2. The third kappa shape index (κ3) is 6.05. The molecule has 1 aromatic carbocycles. The zero-order chi connectivity index (χ0) is 23.9. The molecule has 2 aromatic heterocycles. The number of thioether (sulfide) groups is 1. The maximum atomic E-state index is 13.8. The van der Waals surface area contributed by atoms with E-state index >= 15 is 0 Å². The first-order valence-corrected chi connectivity index (χ1v) is 12.7. The van der Waals surface area contributed by atoms with Crippen molar-refractivity contribution in [3.05, 3.63) is 60.2 Å². The molecule has 182 valence electrons. The predicted molar refractivity (Wildman–Crippen MR) is 133 cm³/mol. The Labute approximate surface area is 204 Å². The van der Waals surface area contributed by atoms with E-state index in [1.165, 1.54) is 17.8 Å². The summed E-state index contributed by atoms with van der Waals surface area (Å²) in [4.78, 5) is 10.8. The SMILES string of the molecule is COc1ccc2nccc([C@H](O)CC[C@@H]3CCN(CCSc4ncccc4F)C[C@@H]3CO)c2c1. The summed E-state index contributed by atoms with van der Waals surface area (Å²) in [5.74, 6) is 1.75. The molecule has 1 aliphatic rings. The monoisotopic (exact) mass is 485 g/mol. The summed E-state index contributed by atoms with van der Waals surface area (Å²) in [6.45, 7) is 2.72. The topological polar surface area (TPSA) is 78.7 Å². The minimum absolute atomic E-state index is 0.134. The molecule has 0 radical (unpaired) electrons. The fraction of sp³-hybridized carbons (Fsp3) is 0.462. The normalized spacial score (nSPS) is 19.9. The molecule has 1 aliphatic heterocycles. The van der Waals surface area contributed by atoms with Crippen LogP contribution in [-0.4, -0.2) is 64.2 Å². The highest BCUT2D eigenvalue weighted by atomic mass is 32.2. The number of methoxy groups -OCH3 is 1. The number of ether oxygens (including phenoxy) is 1. The highest BCUT2D eigenvalue weighted by Crippen LogP contribution is 2.33. The molecule has 1 saturated heterocycles. The Hall–Kier alpha value is -2.26. The number of aromatic nitrogens is 2. The van der Waals surface area contributed by atoms with Crippen LogP contribution in [-0.2, 0) is 0 Å². The van der Waals surface area contributed by atoms with Gasteiger partial charge in [-0.15, -0.1) is 11.8 Å². The molecule has 8 heteroatoms. The Morgan fingerprint density at radius 3 is 2.88 bits per heavy atom. The number of piperidine rings is 1.